The van der Waals surface area contributed by atoms with E-state index >= 15 is 0 Å². The van der Waals surface area contributed by atoms with Gasteiger partial charge in [-0.2, -0.15) is 18.3 Å². The molecule has 0 aliphatic heterocycles. The van der Waals surface area contributed by atoms with E-state index in [0.29, 0.717) is 22.6 Å². The second kappa shape index (κ2) is 12.3. The Morgan fingerprint density at radius 1 is 1.11 bits per heavy atom. The number of carbonyl (C=O) groups excluding carboxylic acids is 1. The number of hydrogen-bond acceptors (Lipinski definition) is 7. The van der Waals surface area contributed by atoms with Crippen LogP contribution in [0.5, 0.6) is 11.5 Å². The summed E-state index contributed by atoms with van der Waals surface area (Å²) >= 11 is 0. The number of alkyl halides is 3. The summed E-state index contributed by atoms with van der Waals surface area (Å²) in [6.07, 6.45) is -3.64. The summed E-state index contributed by atoms with van der Waals surface area (Å²) < 4.78 is 58.2. The van der Waals surface area contributed by atoms with Crippen LogP contribution >= 0.6 is 0 Å². The molecule has 0 aliphatic carbocycles. The highest BCUT2D eigenvalue weighted by molar-refractivity contribution is 5.68. The van der Waals surface area contributed by atoms with Crippen molar-refractivity contribution in [1.29, 1.82) is 0 Å². The lowest BCUT2D eigenvalue weighted by Gasteiger charge is -2.20. The number of ether oxygens (including phenoxy) is 3. The predicted octanol–water partition coefficient (Wildman–Crippen LogP) is 4.65. The minimum Gasteiger partial charge on any atom is -0.497 e. The normalized spacial score (nSPS) is 12.1. The first-order valence-corrected chi connectivity index (χ1v) is 11.5. The molecule has 2 aromatic carbocycles. The fourth-order valence-electron chi connectivity index (χ4n) is 3.41. The molecule has 1 atom stereocenters. The zero-order valence-corrected chi connectivity index (χ0v) is 20.7. The van der Waals surface area contributed by atoms with Crippen LogP contribution in [-0.2, 0) is 28.9 Å². The molecule has 0 saturated carbocycles. The monoisotopic (exact) mass is 519 g/mol. The molecule has 3 rings (SSSR count). The fourth-order valence-corrected chi connectivity index (χ4v) is 3.41. The number of rotatable bonds is 11. The van der Waals surface area contributed by atoms with E-state index in [4.69, 9.17) is 14.2 Å². The van der Waals surface area contributed by atoms with Crippen molar-refractivity contribution in [2.75, 3.05) is 19.0 Å². The number of anilines is 1. The molecule has 1 N–H and O–H groups in total. The molecule has 0 radical (unpaired) electrons. The van der Waals surface area contributed by atoms with Gasteiger partial charge in [-0.1, -0.05) is 31.2 Å². The van der Waals surface area contributed by atoms with Crippen molar-refractivity contribution in [3.63, 3.8) is 0 Å². The van der Waals surface area contributed by atoms with Gasteiger partial charge in [0.25, 0.3) is 5.56 Å². The standard InChI is InChI=1S/C26H28F3N3O5/c1-4-23(33)37-16-19-6-5-7-21(12-19)36-15-17(2)31-22-13-30-32(25(34)24(22)26(27,28)29)14-18-8-10-20(35-3)11-9-18/h5-13,17,31H,4,14-16H2,1-3H3/t17-/m0/s1. The zero-order valence-electron chi connectivity index (χ0n) is 20.7. The summed E-state index contributed by atoms with van der Waals surface area (Å²) in [6, 6.07) is 12.8. The molecule has 11 heteroatoms. The Balaban J connectivity index is 1.70. The maximum Gasteiger partial charge on any atom is 0.423 e. The van der Waals surface area contributed by atoms with Crippen LogP contribution in [0.25, 0.3) is 0 Å². The highest BCUT2D eigenvalue weighted by atomic mass is 19.4. The summed E-state index contributed by atoms with van der Waals surface area (Å²) in [4.78, 5) is 24.1. The highest BCUT2D eigenvalue weighted by Gasteiger charge is 2.38. The van der Waals surface area contributed by atoms with E-state index in [2.05, 4.69) is 10.4 Å². The second-order valence-electron chi connectivity index (χ2n) is 8.26. The van der Waals surface area contributed by atoms with Gasteiger partial charge in [-0.15, -0.1) is 0 Å². The smallest absolute Gasteiger partial charge is 0.423 e. The Morgan fingerprint density at radius 2 is 1.84 bits per heavy atom. The molecule has 37 heavy (non-hydrogen) atoms. The third-order valence-corrected chi connectivity index (χ3v) is 5.31. The minimum absolute atomic E-state index is 0.00440. The summed E-state index contributed by atoms with van der Waals surface area (Å²) in [5.74, 6) is 0.717. The van der Waals surface area contributed by atoms with Crippen molar-refractivity contribution in [3.8, 4) is 11.5 Å². The molecule has 8 nitrogen and oxygen atoms in total. The largest absolute Gasteiger partial charge is 0.497 e. The molecule has 0 amide bonds. The maximum atomic E-state index is 13.9. The number of hydrogen-bond donors (Lipinski definition) is 1. The van der Waals surface area contributed by atoms with Gasteiger partial charge in [0.15, 0.2) is 0 Å². The number of benzene rings is 2. The van der Waals surface area contributed by atoms with E-state index in [1.54, 1.807) is 62.4 Å². The van der Waals surface area contributed by atoms with Crippen LogP contribution in [0.2, 0.25) is 0 Å². The first-order chi connectivity index (χ1) is 17.6. The topological polar surface area (TPSA) is 91.7 Å². The number of carbonyl (C=O) groups is 1. The molecule has 0 saturated heterocycles. The van der Waals surface area contributed by atoms with Crippen LogP contribution in [0, 0.1) is 0 Å². The van der Waals surface area contributed by atoms with Crippen LogP contribution in [0.15, 0.2) is 59.5 Å². The third kappa shape index (κ3) is 7.73. The third-order valence-electron chi connectivity index (χ3n) is 5.31. The van der Waals surface area contributed by atoms with Gasteiger partial charge >= 0.3 is 12.1 Å². The molecule has 0 spiro atoms. The molecule has 0 bridgehead atoms. The number of nitrogens with zero attached hydrogens (tertiary/aromatic N) is 2. The Kier molecular flexibility index (Phi) is 9.15. The van der Waals surface area contributed by atoms with Crippen LogP contribution in [-0.4, -0.2) is 35.5 Å². The van der Waals surface area contributed by atoms with Crippen LogP contribution in [0.4, 0.5) is 18.9 Å². The van der Waals surface area contributed by atoms with Gasteiger partial charge in [0.2, 0.25) is 0 Å². The Morgan fingerprint density at radius 3 is 2.49 bits per heavy atom. The van der Waals surface area contributed by atoms with Crippen molar-refractivity contribution >= 4 is 11.7 Å². The van der Waals surface area contributed by atoms with E-state index in [9.17, 15) is 22.8 Å². The lowest BCUT2D eigenvalue weighted by atomic mass is 10.2. The summed E-state index contributed by atoms with van der Waals surface area (Å²) in [5, 5.41) is 6.63. The van der Waals surface area contributed by atoms with Gasteiger partial charge in [0.1, 0.15) is 30.3 Å². The van der Waals surface area contributed by atoms with E-state index in [-0.39, 0.29) is 32.1 Å². The molecule has 1 heterocycles. The molecule has 1 aromatic heterocycles. The highest BCUT2D eigenvalue weighted by Crippen LogP contribution is 2.32. The summed E-state index contributed by atoms with van der Waals surface area (Å²) in [5.41, 5.74) is -1.71. The van der Waals surface area contributed by atoms with E-state index < -0.39 is 29.0 Å². The van der Waals surface area contributed by atoms with Crippen molar-refractivity contribution < 1.29 is 32.2 Å². The molecular formula is C26H28F3N3O5. The maximum absolute atomic E-state index is 13.9. The molecule has 0 fully saturated rings. The average Bonchev–Trinajstić information content (AvgIpc) is 2.87. The average molecular weight is 520 g/mol. The van der Waals surface area contributed by atoms with Crippen LogP contribution in [0.3, 0.4) is 0 Å². The van der Waals surface area contributed by atoms with Crippen molar-refractivity contribution in [2.45, 2.75) is 45.6 Å². The lowest BCUT2D eigenvalue weighted by Crippen LogP contribution is -2.34. The molecule has 198 valence electrons. The first kappa shape index (κ1) is 27.6. The van der Waals surface area contributed by atoms with Gasteiger partial charge < -0.3 is 19.5 Å². The number of methoxy groups -OCH3 is 1. The van der Waals surface area contributed by atoms with Crippen LogP contribution < -0.4 is 20.3 Å². The SMILES string of the molecule is CCC(=O)OCc1cccc(OC[C@H](C)Nc2cnn(Cc3ccc(OC)cc3)c(=O)c2C(F)(F)F)c1. The molecule has 0 aliphatic rings. The van der Waals surface area contributed by atoms with Gasteiger partial charge in [-0.25, -0.2) is 4.68 Å². The predicted molar refractivity (Wildman–Crippen MR) is 131 cm³/mol. The lowest BCUT2D eigenvalue weighted by molar-refractivity contribution is -0.144. The number of aromatic nitrogens is 2. The minimum atomic E-state index is -4.89. The summed E-state index contributed by atoms with van der Waals surface area (Å²) in [7, 11) is 1.50. The zero-order chi connectivity index (χ0) is 27.0. The van der Waals surface area contributed by atoms with E-state index in [0.717, 1.165) is 10.9 Å². The number of halogens is 3. The van der Waals surface area contributed by atoms with Gasteiger partial charge in [-0.05, 0) is 42.3 Å². The number of esters is 1. The Bertz CT molecular complexity index is 1260. The molecule has 3 aromatic rings. The van der Waals surface area contributed by atoms with Crippen LogP contribution in [0.1, 0.15) is 37.0 Å². The molecular weight excluding hydrogens is 491 g/mol. The first-order valence-electron chi connectivity index (χ1n) is 11.5. The van der Waals surface area contributed by atoms with Crippen molar-refractivity contribution in [2.24, 2.45) is 0 Å². The number of nitrogens with one attached hydrogen (secondary N) is 1. The van der Waals surface area contributed by atoms with E-state index in [1.165, 1.54) is 7.11 Å². The molecule has 0 unspecified atom stereocenters. The quantitative estimate of drug-likeness (QED) is 0.369. The van der Waals surface area contributed by atoms with Crippen molar-refractivity contribution in [1.82, 2.24) is 9.78 Å². The fraction of sp³-hybridized carbons (Fsp3) is 0.346. The Labute approximate surface area is 212 Å². The second-order valence-corrected chi connectivity index (χ2v) is 8.26. The summed E-state index contributed by atoms with van der Waals surface area (Å²) in [6.45, 7) is 3.28. The van der Waals surface area contributed by atoms with E-state index in [1.807, 2.05) is 0 Å². The Hall–Kier alpha value is -4.02. The van der Waals surface area contributed by atoms with Gasteiger partial charge in [0.05, 0.1) is 31.6 Å². The van der Waals surface area contributed by atoms with Gasteiger partial charge in [0, 0.05) is 6.42 Å². The van der Waals surface area contributed by atoms with Crippen molar-refractivity contribution in [3.05, 3.63) is 81.8 Å². The van der Waals surface area contributed by atoms with Gasteiger partial charge in [-0.3, -0.25) is 9.59 Å².